The van der Waals surface area contributed by atoms with Crippen molar-refractivity contribution < 1.29 is 17.5 Å². The van der Waals surface area contributed by atoms with Crippen molar-refractivity contribution in [2.24, 2.45) is 5.14 Å². The normalized spacial score (nSPS) is 11.3. The highest BCUT2D eigenvalue weighted by Crippen LogP contribution is 2.33. The van der Waals surface area contributed by atoms with Crippen molar-refractivity contribution in [2.75, 3.05) is 5.73 Å². The maximum atomic E-state index is 13.6. The van der Waals surface area contributed by atoms with Crippen molar-refractivity contribution in [1.82, 2.24) is 0 Å². The molecule has 0 saturated heterocycles. The lowest BCUT2D eigenvalue weighted by molar-refractivity contribution is 0.442. The average Bonchev–Trinajstić information content (AvgIpc) is 2.35. The van der Waals surface area contributed by atoms with Gasteiger partial charge in [-0.05, 0) is 36.8 Å². The van der Waals surface area contributed by atoms with Crippen LogP contribution in [-0.4, -0.2) is 8.42 Å². The first-order valence-corrected chi connectivity index (χ1v) is 7.19. The highest BCUT2D eigenvalue weighted by atomic mass is 32.2. The van der Waals surface area contributed by atoms with Gasteiger partial charge in [0.25, 0.3) is 0 Å². The van der Waals surface area contributed by atoms with E-state index in [4.69, 9.17) is 15.6 Å². The third-order valence-electron chi connectivity index (χ3n) is 2.64. The first-order chi connectivity index (χ1) is 9.29. The molecule has 0 spiro atoms. The van der Waals surface area contributed by atoms with Crippen LogP contribution in [0.25, 0.3) is 0 Å². The van der Waals surface area contributed by atoms with Crippen LogP contribution in [0.1, 0.15) is 5.56 Å². The van der Waals surface area contributed by atoms with Crippen molar-refractivity contribution in [3.05, 3.63) is 47.8 Å². The Hall–Kier alpha value is -2.12. The van der Waals surface area contributed by atoms with Gasteiger partial charge in [0.2, 0.25) is 10.0 Å². The van der Waals surface area contributed by atoms with E-state index >= 15 is 0 Å². The van der Waals surface area contributed by atoms with Crippen molar-refractivity contribution >= 4 is 15.7 Å². The number of aryl methyl sites for hydroxylation is 1. The van der Waals surface area contributed by atoms with Crippen LogP contribution in [0.4, 0.5) is 10.1 Å². The maximum Gasteiger partial charge on any atom is 0.240 e. The number of anilines is 1. The lowest BCUT2D eigenvalue weighted by atomic mass is 10.2. The average molecular weight is 296 g/mol. The van der Waals surface area contributed by atoms with E-state index in [0.29, 0.717) is 0 Å². The van der Waals surface area contributed by atoms with Crippen molar-refractivity contribution in [2.45, 2.75) is 11.8 Å². The van der Waals surface area contributed by atoms with Gasteiger partial charge >= 0.3 is 0 Å². The summed E-state index contributed by atoms with van der Waals surface area (Å²) >= 11 is 0. The molecule has 2 aromatic rings. The molecular formula is C13H13FN2O3S. The van der Waals surface area contributed by atoms with Crippen LogP contribution in [0.2, 0.25) is 0 Å². The van der Waals surface area contributed by atoms with Gasteiger partial charge in [-0.1, -0.05) is 12.1 Å². The van der Waals surface area contributed by atoms with Crippen LogP contribution in [0.15, 0.2) is 41.3 Å². The fourth-order valence-electron chi connectivity index (χ4n) is 1.67. The molecule has 0 bridgehead atoms. The molecule has 0 fully saturated rings. The molecular weight excluding hydrogens is 283 g/mol. The number of hydrogen-bond acceptors (Lipinski definition) is 4. The topological polar surface area (TPSA) is 95.4 Å². The van der Waals surface area contributed by atoms with Gasteiger partial charge < -0.3 is 10.5 Å². The quantitative estimate of drug-likeness (QED) is 0.848. The Balaban J connectivity index is 2.47. The number of primary sulfonamides is 1. The van der Waals surface area contributed by atoms with E-state index in [2.05, 4.69) is 0 Å². The first-order valence-electron chi connectivity index (χ1n) is 5.64. The Morgan fingerprint density at radius 3 is 2.50 bits per heavy atom. The summed E-state index contributed by atoms with van der Waals surface area (Å²) in [5, 5.41) is 5.04. The highest BCUT2D eigenvalue weighted by molar-refractivity contribution is 7.89. The Bertz CT molecular complexity index is 760. The number of para-hydroxylation sites is 1. The summed E-state index contributed by atoms with van der Waals surface area (Å²) in [5.74, 6) is -0.583. The molecule has 0 aliphatic carbocycles. The number of halogens is 1. The van der Waals surface area contributed by atoms with E-state index in [1.807, 2.05) is 0 Å². The van der Waals surface area contributed by atoms with E-state index in [-0.39, 0.29) is 22.1 Å². The predicted molar refractivity (Wildman–Crippen MR) is 73.4 cm³/mol. The van der Waals surface area contributed by atoms with Crippen LogP contribution < -0.4 is 15.6 Å². The highest BCUT2D eigenvalue weighted by Gasteiger charge is 2.16. The van der Waals surface area contributed by atoms with Gasteiger partial charge in [-0.3, -0.25) is 0 Å². The van der Waals surface area contributed by atoms with Gasteiger partial charge in [-0.25, -0.2) is 17.9 Å². The largest absolute Gasteiger partial charge is 0.452 e. The molecule has 20 heavy (non-hydrogen) atoms. The predicted octanol–water partition coefficient (Wildman–Crippen LogP) is 2.16. The molecule has 0 radical (unpaired) electrons. The SMILES string of the molecule is Cc1ccc(F)c(Oc2cccc(S(N)(=O)=O)c2N)c1. The van der Waals surface area contributed by atoms with E-state index in [1.54, 1.807) is 13.0 Å². The van der Waals surface area contributed by atoms with E-state index < -0.39 is 15.8 Å². The monoisotopic (exact) mass is 296 g/mol. The standard InChI is InChI=1S/C13H13FN2O3S/c1-8-5-6-9(14)11(7-8)19-10-3-2-4-12(13(10)15)20(16,17)18/h2-7H,15H2,1H3,(H2,16,17,18). The van der Waals surface area contributed by atoms with Gasteiger partial charge in [0.15, 0.2) is 17.3 Å². The van der Waals surface area contributed by atoms with Gasteiger partial charge in [-0.15, -0.1) is 0 Å². The number of sulfonamides is 1. The zero-order chi connectivity index (χ0) is 14.9. The zero-order valence-corrected chi connectivity index (χ0v) is 11.4. The number of hydrogen-bond donors (Lipinski definition) is 2. The van der Waals surface area contributed by atoms with Gasteiger partial charge in [0.05, 0.1) is 5.69 Å². The minimum Gasteiger partial charge on any atom is -0.452 e. The second kappa shape index (κ2) is 5.10. The van der Waals surface area contributed by atoms with Crippen LogP contribution in [0.5, 0.6) is 11.5 Å². The van der Waals surface area contributed by atoms with Crippen molar-refractivity contribution in [1.29, 1.82) is 0 Å². The van der Waals surface area contributed by atoms with Crippen molar-refractivity contribution in [3.8, 4) is 11.5 Å². The van der Waals surface area contributed by atoms with Gasteiger partial charge in [0.1, 0.15) is 4.90 Å². The summed E-state index contributed by atoms with van der Waals surface area (Å²) in [6.07, 6.45) is 0. The lowest BCUT2D eigenvalue weighted by Gasteiger charge is -2.12. The molecule has 2 aromatic carbocycles. The van der Waals surface area contributed by atoms with Gasteiger partial charge in [0, 0.05) is 0 Å². The van der Waals surface area contributed by atoms with Crippen molar-refractivity contribution in [3.63, 3.8) is 0 Å². The second-order valence-corrected chi connectivity index (χ2v) is 5.78. The molecule has 0 amide bonds. The molecule has 106 valence electrons. The smallest absolute Gasteiger partial charge is 0.240 e. The number of benzene rings is 2. The molecule has 0 aliphatic rings. The maximum absolute atomic E-state index is 13.6. The summed E-state index contributed by atoms with van der Waals surface area (Å²) < 4.78 is 41.6. The minimum atomic E-state index is -3.97. The summed E-state index contributed by atoms with van der Waals surface area (Å²) in [6.45, 7) is 1.77. The van der Waals surface area contributed by atoms with E-state index in [0.717, 1.165) is 5.56 Å². The van der Waals surface area contributed by atoms with Gasteiger partial charge in [-0.2, -0.15) is 0 Å². The Morgan fingerprint density at radius 1 is 1.15 bits per heavy atom. The molecule has 0 aliphatic heterocycles. The number of nitrogen functional groups attached to an aromatic ring is 1. The van der Waals surface area contributed by atoms with Crippen LogP contribution in [0.3, 0.4) is 0 Å². The molecule has 0 unspecified atom stereocenters. The summed E-state index contributed by atoms with van der Waals surface area (Å²) in [4.78, 5) is -0.261. The first kappa shape index (κ1) is 14.3. The number of rotatable bonds is 3. The third kappa shape index (κ3) is 2.89. The Morgan fingerprint density at radius 2 is 1.85 bits per heavy atom. The third-order valence-corrected chi connectivity index (χ3v) is 3.61. The molecule has 7 heteroatoms. The minimum absolute atomic E-state index is 0.0287. The second-order valence-electron chi connectivity index (χ2n) is 4.25. The fourth-order valence-corrected chi connectivity index (χ4v) is 2.34. The summed E-state index contributed by atoms with van der Waals surface area (Å²) in [5.41, 5.74) is 6.34. The fraction of sp³-hybridized carbons (Fsp3) is 0.0769. The molecule has 5 nitrogen and oxygen atoms in total. The van der Waals surface area contributed by atoms with Crippen LogP contribution >= 0.6 is 0 Å². The lowest BCUT2D eigenvalue weighted by Crippen LogP contribution is -2.14. The molecule has 4 N–H and O–H groups in total. The molecule has 0 saturated carbocycles. The van der Waals surface area contributed by atoms with E-state index in [9.17, 15) is 12.8 Å². The molecule has 0 aromatic heterocycles. The van der Waals surface area contributed by atoms with E-state index in [1.165, 1.54) is 30.3 Å². The summed E-state index contributed by atoms with van der Waals surface area (Å²) in [6, 6.07) is 8.43. The summed E-state index contributed by atoms with van der Waals surface area (Å²) in [7, 11) is -3.97. The van der Waals surface area contributed by atoms with Crippen LogP contribution in [0, 0.1) is 12.7 Å². The number of nitrogens with two attached hydrogens (primary N) is 2. The molecule has 0 heterocycles. The molecule has 2 rings (SSSR count). The van der Waals surface area contributed by atoms with Crippen LogP contribution in [-0.2, 0) is 10.0 Å². The Kier molecular flexibility index (Phi) is 3.65. The molecule has 0 atom stereocenters. The number of ether oxygens (including phenoxy) is 1. The zero-order valence-electron chi connectivity index (χ0n) is 10.6. The Labute approximate surface area is 116 Å².